The highest BCUT2D eigenvalue weighted by molar-refractivity contribution is 6.30. The number of hydrogen-bond acceptors (Lipinski definition) is 6. The van der Waals surface area contributed by atoms with E-state index in [2.05, 4.69) is 20.4 Å². The molecule has 0 aliphatic carbocycles. The topological polar surface area (TPSA) is 103 Å². The summed E-state index contributed by atoms with van der Waals surface area (Å²) in [4.78, 5) is 32.1. The second-order valence-corrected chi connectivity index (χ2v) is 5.93. The Kier molecular flexibility index (Phi) is 5.13. The van der Waals surface area contributed by atoms with Crippen molar-refractivity contribution >= 4 is 17.5 Å². The highest BCUT2D eigenvalue weighted by Crippen LogP contribution is 2.28. The maximum atomic E-state index is 11.9. The summed E-state index contributed by atoms with van der Waals surface area (Å²) in [7, 11) is 0. The van der Waals surface area contributed by atoms with Gasteiger partial charge in [0.1, 0.15) is 12.2 Å². The Hall–Kier alpha value is -3.00. The van der Waals surface area contributed by atoms with Crippen LogP contribution in [0.5, 0.6) is 0 Å². The fourth-order valence-electron chi connectivity index (χ4n) is 2.36. The van der Waals surface area contributed by atoms with Crippen LogP contribution in [0.25, 0.3) is 22.9 Å². The number of aryl methyl sites for hydroxylation is 1. The Morgan fingerprint density at radius 3 is 2.88 bits per heavy atom. The van der Waals surface area contributed by atoms with Crippen molar-refractivity contribution in [2.24, 2.45) is 0 Å². The number of amides is 1. The number of rotatable bonds is 5. The van der Waals surface area contributed by atoms with Crippen molar-refractivity contribution < 1.29 is 9.21 Å². The lowest BCUT2D eigenvalue weighted by Crippen LogP contribution is -2.33. The first-order chi connectivity index (χ1) is 12.5. The highest BCUT2D eigenvalue weighted by Gasteiger charge is 2.16. The molecular formula is C17H16ClN5O3. The minimum atomic E-state index is -0.378. The van der Waals surface area contributed by atoms with Crippen molar-refractivity contribution in [2.45, 2.75) is 20.4 Å². The summed E-state index contributed by atoms with van der Waals surface area (Å²) in [5, 5.41) is 7.31. The van der Waals surface area contributed by atoms with E-state index >= 15 is 0 Å². The highest BCUT2D eigenvalue weighted by atomic mass is 35.5. The van der Waals surface area contributed by atoms with Gasteiger partial charge < -0.3 is 9.73 Å². The van der Waals surface area contributed by atoms with Gasteiger partial charge >= 0.3 is 0 Å². The van der Waals surface area contributed by atoms with Crippen molar-refractivity contribution in [2.75, 3.05) is 6.54 Å². The number of hydrogen-bond donors (Lipinski definition) is 1. The molecule has 3 aromatic heterocycles. The first-order valence-electron chi connectivity index (χ1n) is 7.91. The van der Waals surface area contributed by atoms with Gasteiger partial charge in [-0.1, -0.05) is 11.6 Å². The minimum absolute atomic E-state index is 0.168. The van der Waals surface area contributed by atoms with E-state index in [1.165, 1.54) is 18.3 Å². The summed E-state index contributed by atoms with van der Waals surface area (Å²) in [6.07, 6.45) is 3.10. The monoisotopic (exact) mass is 373 g/mol. The molecular weight excluding hydrogens is 358 g/mol. The number of carbonyl (C=O) groups is 1. The molecule has 1 amide bonds. The van der Waals surface area contributed by atoms with E-state index in [0.29, 0.717) is 40.2 Å². The maximum absolute atomic E-state index is 11.9. The molecule has 3 heterocycles. The maximum Gasteiger partial charge on any atom is 0.267 e. The molecule has 26 heavy (non-hydrogen) atoms. The third kappa shape index (κ3) is 3.80. The normalized spacial score (nSPS) is 10.7. The molecule has 0 aromatic carbocycles. The predicted octanol–water partition coefficient (Wildman–Crippen LogP) is 2.06. The molecule has 0 bridgehead atoms. The number of aromatic nitrogens is 4. The van der Waals surface area contributed by atoms with E-state index in [1.807, 2.05) is 0 Å². The third-order valence-electron chi connectivity index (χ3n) is 3.52. The lowest BCUT2D eigenvalue weighted by atomic mass is 10.2. The first-order valence-corrected chi connectivity index (χ1v) is 8.29. The van der Waals surface area contributed by atoms with Gasteiger partial charge in [0, 0.05) is 25.0 Å². The molecule has 134 valence electrons. The molecule has 0 aliphatic rings. The molecule has 8 nitrogen and oxygen atoms in total. The Labute approximate surface area is 153 Å². The number of oxazole rings is 1. The summed E-state index contributed by atoms with van der Waals surface area (Å²) in [6, 6.07) is 4.56. The van der Waals surface area contributed by atoms with Crippen molar-refractivity contribution in [3.63, 3.8) is 0 Å². The zero-order valence-electron chi connectivity index (χ0n) is 14.2. The zero-order chi connectivity index (χ0) is 18.7. The molecule has 0 radical (unpaired) electrons. The molecule has 3 rings (SSSR count). The van der Waals surface area contributed by atoms with Gasteiger partial charge in [-0.05, 0) is 26.0 Å². The summed E-state index contributed by atoms with van der Waals surface area (Å²) < 4.78 is 6.89. The van der Waals surface area contributed by atoms with Crippen LogP contribution in [0.15, 0.2) is 39.8 Å². The van der Waals surface area contributed by atoms with E-state index in [9.17, 15) is 9.59 Å². The summed E-state index contributed by atoms with van der Waals surface area (Å²) in [5.41, 5.74) is 1.25. The van der Waals surface area contributed by atoms with Crippen LogP contribution < -0.4 is 10.9 Å². The predicted molar refractivity (Wildman–Crippen MR) is 95.7 cm³/mol. The summed E-state index contributed by atoms with van der Waals surface area (Å²) >= 11 is 5.95. The molecule has 0 saturated carbocycles. The van der Waals surface area contributed by atoms with Gasteiger partial charge in [-0.3, -0.25) is 14.6 Å². The minimum Gasteiger partial charge on any atom is -0.434 e. The Balaban J connectivity index is 1.97. The van der Waals surface area contributed by atoms with Crippen LogP contribution >= 0.6 is 11.6 Å². The average molecular weight is 374 g/mol. The van der Waals surface area contributed by atoms with Gasteiger partial charge in [-0.2, -0.15) is 5.10 Å². The Bertz CT molecular complexity index is 1010. The lowest BCUT2D eigenvalue weighted by Gasteiger charge is -2.06. The van der Waals surface area contributed by atoms with E-state index in [0.717, 1.165) is 4.68 Å². The van der Waals surface area contributed by atoms with Crippen LogP contribution in [0.1, 0.15) is 12.6 Å². The van der Waals surface area contributed by atoms with Gasteiger partial charge in [-0.25, -0.2) is 9.67 Å². The quantitative estimate of drug-likeness (QED) is 0.734. The van der Waals surface area contributed by atoms with E-state index < -0.39 is 0 Å². The molecule has 0 fully saturated rings. The molecule has 3 aromatic rings. The van der Waals surface area contributed by atoms with Crippen molar-refractivity contribution in [1.29, 1.82) is 0 Å². The van der Waals surface area contributed by atoms with Gasteiger partial charge in [0.05, 0.1) is 16.3 Å². The number of nitrogens with one attached hydrogen (secondary N) is 1. The standard InChI is InChI=1S/C17H16ClN5O3/c1-3-20-14(24)9-23-15(25)5-4-13(22-23)16-10(2)21-17(26-16)11-6-12(18)8-19-7-11/h4-8H,3,9H2,1-2H3,(H,20,24). The first kappa shape index (κ1) is 17.8. The fraction of sp³-hybridized carbons (Fsp3) is 0.235. The zero-order valence-corrected chi connectivity index (χ0v) is 14.9. The van der Waals surface area contributed by atoms with Crippen LogP contribution in [0.2, 0.25) is 5.02 Å². The molecule has 0 spiro atoms. The van der Waals surface area contributed by atoms with Crippen LogP contribution in [0, 0.1) is 6.92 Å². The van der Waals surface area contributed by atoms with Crippen LogP contribution in [-0.4, -0.2) is 32.2 Å². The van der Waals surface area contributed by atoms with Gasteiger partial charge in [0.2, 0.25) is 11.8 Å². The van der Waals surface area contributed by atoms with E-state index in [1.54, 1.807) is 26.1 Å². The van der Waals surface area contributed by atoms with E-state index in [4.69, 9.17) is 16.0 Å². The molecule has 1 N–H and O–H groups in total. The van der Waals surface area contributed by atoms with Crippen molar-refractivity contribution in [1.82, 2.24) is 25.1 Å². The van der Waals surface area contributed by atoms with E-state index in [-0.39, 0.29) is 18.0 Å². The second-order valence-electron chi connectivity index (χ2n) is 5.49. The van der Waals surface area contributed by atoms with Crippen molar-refractivity contribution in [3.05, 3.63) is 51.7 Å². The van der Waals surface area contributed by atoms with Crippen molar-refractivity contribution in [3.8, 4) is 22.9 Å². The molecule has 9 heteroatoms. The lowest BCUT2D eigenvalue weighted by molar-refractivity contribution is -0.121. The fourth-order valence-corrected chi connectivity index (χ4v) is 2.53. The Morgan fingerprint density at radius 1 is 1.35 bits per heavy atom. The van der Waals surface area contributed by atoms with Crippen LogP contribution in [-0.2, 0) is 11.3 Å². The van der Waals surface area contributed by atoms with Gasteiger partial charge in [-0.15, -0.1) is 0 Å². The smallest absolute Gasteiger partial charge is 0.267 e. The number of nitrogens with zero attached hydrogens (tertiary/aromatic N) is 4. The number of halogens is 1. The largest absolute Gasteiger partial charge is 0.434 e. The summed E-state index contributed by atoms with van der Waals surface area (Å²) in [6.45, 7) is 3.88. The number of likely N-dealkylation sites (N-methyl/N-ethyl adjacent to an activating group) is 1. The van der Waals surface area contributed by atoms with Crippen LogP contribution in [0.4, 0.5) is 0 Å². The van der Waals surface area contributed by atoms with Gasteiger partial charge in [0.15, 0.2) is 5.76 Å². The molecule has 0 atom stereocenters. The molecule has 0 aliphatic heterocycles. The summed E-state index contributed by atoms with van der Waals surface area (Å²) in [5.74, 6) is 0.458. The number of carbonyl (C=O) groups excluding carboxylic acids is 1. The second kappa shape index (κ2) is 7.49. The molecule has 0 saturated heterocycles. The SMILES string of the molecule is CCNC(=O)Cn1nc(-c2oc(-c3cncc(Cl)c3)nc2C)ccc1=O. The number of pyridine rings is 1. The van der Waals surface area contributed by atoms with Crippen LogP contribution in [0.3, 0.4) is 0 Å². The third-order valence-corrected chi connectivity index (χ3v) is 3.72. The average Bonchev–Trinajstić information content (AvgIpc) is 2.99. The van der Waals surface area contributed by atoms with Gasteiger partial charge in [0.25, 0.3) is 5.56 Å². The molecule has 0 unspecified atom stereocenters. The Morgan fingerprint density at radius 2 is 2.15 bits per heavy atom.